The smallest absolute Gasteiger partial charge is 0.269 e. The molecule has 4 aromatic rings. The van der Waals surface area contributed by atoms with Crippen LogP contribution in [0.25, 0.3) is 22.5 Å². The summed E-state index contributed by atoms with van der Waals surface area (Å²) in [5, 5.41) is 38.2. The highest BCUT2D eigenvalue weighted by molar-refractivity contribution is 8.76. The first-order valence-corrected chi connectivity index (χ1v) is 13.5. The Morgan fingerprint density at radius 1 is 0.694 bits per heavy atom. The molecule has 2 aromatic carbocycles. The molecule has 0 saturated carbocycles. The van der Waals surface area contributed by atoms with E-state index in [1.54, 1.807) is 82.3 Å². The molecule has 0 fully saturated rings. The molecule has 2 aromatic heterocycles. The van der Waals surface area contributed by atoms with Gasteiger partial charge in [-0.15, -0.1) is 0 Å². The molecule has 186 valence electrons. The van der Waals surface area contributed by atoms with Crippen LogP contribution in [0.1, 0.15) is 21.0 Å². The number of benzene rings is 2. The van der Waals surface area contributed by atoms with Crippen LogP contribution in [0, 0.1) is 0 Å². The molecule has 0 saturated heterocycles. The summed E-state index contributed by atoms with van der Waals surface area (Å²) < 4.78 is 0. The van der Waals surface area contributed by atoms with E-state index >= 15 is 0 Å². The first kappa shape index (κ1) is 25.2. The van der Waals surface area contributed by atoms with Gasteiger partial charge in [-0.2, -0.15) is 10.2 Å². The minimum atomic E-state index is -0.239. The number of hydrogen-bond acceptors (Lipinski definition) is 8. The van der Waals surface area contributed by atoms with Crippen molar-refractivity contribution < 1.29 is 19.8 Å². The van der Waals surface area contributed by atoms with Gasteiger partial charge >= 0.3 is 0 Å². The third kappa shape index (κ3) is 6.83. The Labute approximate surface area is 214 Å². The lowest BCUT2D eigenvalue weighted by molar-refractivity contribution is 0.0943. The van der Waals surface area contributed by atoms with Crippen molar-refractivity contribution in [3.8, 4) is 34.0 Å². The Morgan fingerprint density at radius 2 is 1.08 bits per heavy atom. The molecule has 0 aliphatic heterocycles. The number of carbonyl (C=O) groups excluding carboxylic acids is 2. The van der Waals surface area contributed by atoms with E-state index in [1.807, 2.05) is 0 Å². The highest BCUT2D eigenvalue weighted by Gasteiger charge is 2.12. The van der Waals surface area contributed by atoms with Crippen molar-refractivity contribution in [1.82, 2.24) is 31.0 Å². The minimum Gasteiger partial charge on any atom is -0.508 e. The third-order valence-corrected chi connectivity index (χ3v) is 7.40. The average Bonchev–Trinajstić information content (AvgIpc) is 3.57. The molecule has 0 radical (unpaired) electrons. The van der Waals surface area contributed by atoms with Crippen LogP contribution < -0.4 is 10.6 Å². The van der Waals surface area contributed by atoms with Gasteiger partial charge in [0.25, 0.3) is 11.8 Å². The van der Waals surface area contributed by atoms with Crippen LogP contribution in [-0.2, 0) is 0 Å². The number of nitrogens with one attached hydrogen (secondary N) is 4. The van der Waals surface area contributed by atoms with Crippen molar-refractivity contribution in [2.75, 3.05) is 24.6 Å². The lowest BCUT2D eigenvalue weighted by Crippen LogP contribution is -2.26. The van der Waals surface area contributed by atoms with Crippen molar-refractivity contribution in [3.63, 3.8) is 0 Å². The van der Waals surface area contributed by atoms with Crippen LogP contribution in [0.2, 0.25) is 0 Å². The summed E-state index contributed by atoms with van der Waals surface area (Å²) >= 11 is 0. The number of phenolic OH excluding ortho intramolecular Hbond substituents is 2. The van der Waals surface area contributed by atoms with Gasteiger partial charge in [-0.05, 0) is 60.7 Å². The number of aromatic amines is 2. The first-order valence-electron chi connectivity index (χ1n) is 11.0. The predicted molar refractivity (Wildman–Crippen MR) is 141 cm³/mol. The lowest BCUT2D eigenvalue weighted by Gasteiger charge is -2.04. The summed E-state index contributed by atoms with van der Waals surface area (Å²) in [7, 11) is 3.21. The summed E-state index contributed by atoms with van der Waals surface area (Å²) in [5.74, 6) is 1.28. The van der Waals surface area contributed by atoms with E-state index in [-0.39, 0.29) is 23.3 Å². The van der Waals surface area contributed by atoms with E-state index in [0.29, 0.717) is 47.4 Å². The van der Waals surface area contributed by atoms with E-state index in [4.69, 9.17) is 0 Å². The molecule has 0 unspecified atom stereocenters. The summed E-state index contributed by atoms with van der Waals surface area (Å²) in [6.07, 6.45) is 0. The molecule has 0 atom stereocenters. The van der Waals surface area contributed by atoms with Gasteiger partial charge < -0.3 is 20.8 Å². The summed E-state index contributed by atoms with van der Waals surface area (Å²) in [5.41, 5.74) is 3.58. The zero-order valence-corrected chi connectivity index (χ0v) is 20.7. The van der Waals surface area contributed by atoms with E-state index in [9.17, 15) is 19.8 Å². The van der Waals surface area contributed by atoms with Gasteiger partial charge in [0.05, 0.1) is 11.4 Å². The molecule has 0 bridgehead atoms. The molecule has 0 aliphatic carbocycles. The van der Waals surface area contributed by atoms with Gasteiger partial charge in [0, 0.05) is 35.7 Å². The number of nitrogens with zero attached hydrogens (tertiary/aromatic N) is 2. The van der Waals surface area contributed by atoms with E-state index in [1.165, 1.54) is 0 Å². The SMILES string of the molecule is O=C(NCCSSCCNC(=O)c1cc(-c2ccc(O)cc2)n[nH]1)c1cc(-c2ccc(O)cc2)n[nH]1. The van der Waals surface area contributed by atoms with E-state index in [2.05, 4.69) is 31.0 Å². The number of rotatable bonds is 11. The second kappa shape index (κ2) is 12.2. The fraction of sp³-hybridized carbons (Fsp3) is 0.167. The molecule has 0 spiro atoms. The van der Waals surface area contributed by atoms with Crippen LogP contribution in [0.15, 0.2) is 60.7 Å². The summed E-state index contributed by atoms with van der Waals surface area (Å²) in [6, 6.07) is 16.5. The maximum atomic E-state index is 12.3. The van der Waals surface area contributed by atoms with E-state index in [0.717, 1.165) is 11.1 Å². The number of aromatic nitrogens is 4. The lowest BCUT2D eigenvalue weighted by atomic mass is 10.1. The van der Waals surface area contributed by atoms with Crippen LogP contribution in [-0.4, -0.2) is 67.0 Å². The number of aromatic hydroxyl groups is 2. The van der Waals surface area contributed by atoms with Gasteiger partial charge in [0.2, 0.25) is 0 Å². The molecular formula is C24H24N6O4S2. The Morgan fingerprint density at radius 3 is 1.47 bits per heavy atom. The maximum Gasteiger partial charge on any atom is 0.269 e. The molecule has 12 heteroatoms. The molecule has 4 rings (SSSR count). The van der Waals surface area contributed by atoms with Crippen LogP contribution in [0.4, 0.5) is 0 Å². The minimum absolute atomic E-state index is 0.170. The number of carbonyl (C=O) groups is 2. The van der Waals surface area contributed by atoms with Crippen LogP contribution in [0.5, 0.6) is 11.5 Å². The Kier molecular flexibility index (Phi) is 8.53. The van der Waals surface area contributed by atoms with Crippen molar-refractivity contribution in [2.45, 2.75) is 0 Å². The first-order chi connectivity index (χ1) is 17.5. The van der Waals surface area contributed by atoms with Crippen molar-refractivity contribution in [2.24, 2.45) is 0 Å². The van der Waals surface area contributed by atoms with Gasteiger partial charge in [-0.3, -0.25) is 19.8 Å². The average molecular weight is 525 g/mol. The second-order valence-electron chi connectivity index (χ2n) is 7.58. The summed E-state index contributed by atoms with van der Waals surface area (Å²) in [6.45, 7) is 0.981. The number of phenols is 2. The Bertz CT molecular complexity index is 1200. The van der Waals surface area contributed by atoms with Gasteiger partial charge in [0.15, 0.2) is 0 Å². The molecule has 2 heterocycles. The highest BCUT2D eigenvalue weighted by Crippen LogP contribution is 2.22. The van der Waals surface area contributed by atoms with E-state index < -0.39 is 0 Å². The molecule has 2 amide bonds. The zero-order chi connectivity index (χ0) is 25.3. The quantitative estimate of drug-likeness (QED) is 0.129. The fourth-order valence-corrected chi connectivity index (χ4v) is 4.97. The van der Waals surface area contributed by atoms with Gasteiger partial charge in [-0.1, -0.05) is 21.6 Å². The molecular weight excluding hydrogens is 500 g/mol. The number of amides is 2. The second-order valence-corrected chi connectivity index (χ2v) is 10.3. The largest absolute Gasteiger partial charge is 0.508 e. The number of H-pyrrole nitrogens is 2. The van der Waals surface area contributed by atoms with Crippen molar-refractivity contribution >= 4 is 33.4 Å². The Hall–Kier alpha value is -3.90. The monoisotopic (exact) mass is 524 g/mol. The van der Waals surface area contributed by atoms with Crippen LogP contribution >= 0.6 is 21.6 Å². The molecule has 36 heavy (non-hydrogen) atoms. The standard InChI is InChI=1S/C24H24N6O4S2/c31-17-5-1-15(2-6-17)19-13-21(29-27-19)23(33)25-9-11-35-36-12-10-26-24(34)22-14-20(28-30-22)16-3-7-18(32)8-4-16/h1-8,13-14,31-32H,9-12H2,(H,25,33)(H,26,34)(H,27,29)(H,28,30). The molecule has 0 aliphatic rings. The zero-order valence-electron chi connectivity index (χ0n) is 19.0. The van der Waals surface area contributed by atoms with Gasteiger partial charge in [0.1, 0.15) is 22.9 Å². The third-order valence-electron chi connectivity index (χ3n) is 5.00. The highest BCUT2D eigenvalue weighted by atomic mass is 33.1. The topological polar surface area (TPSA) is 156 Å². The predicted octanol–water partition coefficient (Wildman–Crippen LogP) is 3.42. The molecule has 6 N–H and O–H groups in total. The van der Waals surface area contributed by atoms with Crippen molar-refractivity contribution in [3.05, 3.63) is 72.1 Å². The normalized spacial score (nSPS) is 10.8. The van der Waals surface area contributed by atoms with Crippen molar-refractivity contribution in [1.29, 1.82) is 0 Å². The number of hydrogen-bond donors (Lipinski definition) is 6. The Balaban J connectivity index is 1.09. The fourth-order valence-electron chi connectivity index (χ4n) is 3.16. The molecule has 10 nitrogen and oxygen atoms in total. The summed E-state index contributed by atoms with van der Waals surface area (Å²) in [4.78, 5) is 24.6. The maximum absolute atomic E-state index is 12.3. The van der Waals surface area contributed by atoms with Gasteiger partial charge in [-0.25, -0.2) is 0 Å². The van der Waals surface area contributed by atoms with Crippen LogP contribution in [0.3, 0.4) is 0 Å².